The lowest BCUT2D eigenvalue weighted by Crippen LogP contribution is -2.46. The smallest absolute Gasteiger partial charge is 0.234 e. The lowest BCUT2D eigenvalue weighted by molar-refractivity contribution is -0.124. The third kappa shape index (κ3) is 6.07. The summed E-state index contributed by atoms with van der Waals surface area (Å²) in [5.41, 5.74) is 2.06. The van der Waals surface area contributed by atoms with Gasteiger partial charge in [0.2, 0.25) is 5.91 Å². The normalized spacial score (nSPS) is 16.3. The number of sulfone groups is 1. The summed E-state index contributed by atoms with van der Waals surface area (Å²) in [5, 5.41) is 11.8. The fourth-order valence-electron chi connectivity index (χ4n) is 3.81. The molecule has 0 unspecified atom stereocenters. The molecular weight excluding hydrogens is 490 g/mol. The van der Waals surface area contributed by atoms with Gasteiger partial charge in [0.15, 0.2) is 15.6 Å². The molecule has 1 amide bonds. The van der Waals surface area contributed by atoms with Crippen molar-refractivity contribution < 1.29 is 18.0 Å². The van der Waals surface area contributed by atoms with Crippen LogP contribution in [0.3, 0.4) is 0 Å². The third-order valence-electron chi connectivity index (χ3n) is 5.95. The lowest BCUT2D eigenvalue weighted by atomic mass is 10.1. The fourth-order valence-corrected chi connectivity index (χ4v) is 6.15. The number of amidine groups is 1. The Labute approximate surface area is 209 Å². The monoisotopic (exact) mass is 517 g/mol. The molecule has 2 aromatic carbocycles. The van der Waals surface area contributed by atoms with E-state index in [0.29, 0.717) is 19.4 Å². The molecule has 1 fully saturated rings. The van der Waals surface area contributed by atoms with Crippen molar-refractivity contribution >= 4 is 39.0 Å². The molecule has 1 aliphatic carbocycles. The van der Waals surface area contributed by atoms with E-state index in [2.05, 4.69) is 26.3 Å². The van der Waals surface area contributed by atoms with Crippen molar-refractivity contribution in [3.63, 3.8) is 0 Å². The van der Waals surface area contributed by atoms with Crippen molar-refractivity contribution in [2.24, 2.45) is 4.99 Å². The SMILES string of the molecule is O=C(CNCc1ccc(C2=NCCN2)cc1)CNC(=O)CNC1(S(=O)(=O)c2ccccc2Cl)CC1. The molecule has 186 valence electrons. The Morgan fingerprint density at radius 3 is 2.43 bits per heavy atom. The predicted molar refractivity (Wildman–Crippen MR) is 134 cm³/mol. The molecule has 0 bridgehead atoms. The van der Waals surface area contributed by atoms with E-state index < -0.39 is 20.6 Å². The molecule has 4 N–H and O–H groups in total. The maximum absolute atomic E-state index is 13.0. The molecule has 4 rings (SSSR count). The number of carbonyl (C=O) groups is 2. The Bertz CT molecular complexity index is 1230. The van der Waals surface area contributed by atoms with Gasteiger partial charge in [-0.1, -0.05) is 48.0 Å². The highest BCUT2D eigenvalue weighted by Gasteiger charge is 2.55. The van der Waals surface area contributed by atoms with Crippen molar-refractivity contribution in [2.45, 2.75) is 29.2 Å². The van der Waals surface area contributed by atoms with Crippen LogP contribution in [0.5, 0.6) is 0 Å². The van der Waals surface area contributed by atoms with Crippen molar-refractivity contribution in [1.82, 2.24) is 21.3 Å². The lowest BCUT2D eigenvalue weighted by Gasteiger charge is -2.18. The Balaban J connectivity index is 1.17. The van der Waals surface area contributed by atoms with Gasteiger partial charge in [0, 0.05) is 18.7 Å². The number of halogens is 1. The van der Waals surface area contributed by atoms with Crippen molar-refractivity contribution in [1.29, 1.82) is 0 Å². The summed E-state index contributed by atoms with van der Waals surface area (Å²) in [6, 6.07) is 14.2. The molecule has 2 aromatic rings. The van der Waals surface area contributed by atoms with Crippen LogP contribution in [0.25, 0.3) is 0 Å². The number of benzene rings is 2. The van der Waals surface area contributed by atoms with Gasteiger partial charge in [-0.15, -0.1) is 0 Å². The molecule has 0 aromatic heterocycles. The summed E-state index contributed by atoms with van der Waals surface area (Å²) in [4.78, 5) is 27.6. The van der Waals surface area contributed by atoms with Gasteiger partial charge in [-0.3, -0.25) is 19.9 Å². The van der Waals surface area contributed by atoms with Crippen LogP contribution in [0.15, 0.2) is 58.4 Å². The summed E-state index contributed by atoms with van der Waals surface area (Å²) in [7, 11) is -3.74. The number of aliphatic imine (C=N–C) groups is 1. The second-order valence-electron chi connectivity index (χ2n) is 8.55. The highest BCUT2D eigenvalue weighted by Crippen LogP contribution is 2.45. The molecule has 2 aliphatic rings. The Morgan fingerprint density at radius 2 is 1.77 bits per heavy atom. The second-order valence-corrected chi connectivity index (χ2v) is 11.2. The summed E-state index contributed by atoms with van der Waals surface area (Å²) >= 11 is 6.07. The minimum absolute atomic E-state index is 0.0481. The van der Waals surface area contributed by atoms with Gasteiger partial charge in [0.05, 0.1) is 36.1 Å². The van der Waals surface area contributed by atoms with Crippen LogP contribution in [-0.4, -0.2) is 63.5 Å². The Kier molecular flexibility index (Phi) is 7.85. The molecule has 0 saturated heterocycles. The number of carbonyl (C=O) groups excluding carboxylic acids is 2. The number of Topliss-reactive ketones (excluding diaryl/α,β-unsaturated/α-hetero) is 1. The highest BCUT2D eigenvalue weighted by molar-refractivity contribution is 7.93. The predicted octanol–water partition coefficient (Wildman–Crippen LogP) is 1.02. The zero-order valence-corrected chi connectivity index (χ0v) is 20.7. The second kappa shape index (κ2) is 10.9. The largest absolute Gasteiger partial charge is 0.368 e. The summed E-state index contributed by atoms with van der Waals surface area (Å²) in [5.74, 6) is 0.279. The molecule has 11 heteroatoms. The molecule has 0 atom stereocenters. The van der Waals surface area contributed by atoms with E-state index in [9.17, 15) is 18.0 Å². The van der Waals surface area contributed by atoms with E-state index in [0.717, 1.165) is 30.1 Å². The van der Waals surface area contributed by atoms with Gasteiger partial charge < -0.3 is 16.0 Å². The summed E-state index contributed by atoms with van der Waals surface area (Å²) in [6.07, 6.45) is 0.782. The topological polar surface area (TPSA) is 129 Å². The number of rotatable bonds is 12. The molecule has 35 heavy (non-hydrogen) atoms. The number of ketones is 1. The van der Waals surface area contributed by atoms with Crippen LogP contribution >= 0.6 is 11.6 Å². The molecule has 0 spiro atoms. The molecule has 1 saturated carbocycles. The van der Waals surface area contributed by atoms with Crippen LogP contribution in [0.2, 0.25) is 5.02 Å². The fraction of sp³-hybridized carbons (Fsp3) is 0.375. The maximum atomic E-state index is 13.0. The van der Waals surface area contributed by atoms with E-state index in [1.54, 1.807) is 12.1 Å². The average molecular weight is 518 g/mol. The zero-order valence-electron chi connectivity index (χ0n) is 19.1. The maximum Gasteiger partial charge on any atom is 0.234 e. The van der Waals surface area contributed by atoms with E-state index in [4.69, 9.17) is 11.6 Å². The van der Waals surface area contributed by atoms with Gasteiger partial charge in [0.25, 0.3) is 0 Å². The van der Waals surface area contributed by atoms with Gasteiger partial charge >= 0.3 is 0 Å². The number of nitrogens with one attached hydrogen (secondary N) is 4. The third-order valence-corrected chi connectivity index (χ3v) is 8.91. The minimum atomic E-state index is -3.74. The first kappa shape index (κ1) is 25.3. The van der Waals surface area contributed by atoms with Crippen LogP contribution in [-0.2, 0) is 26.0 Å². The van der Waals surface area contributed by atoms with Crippen LogP contribution in [0, 0.1) is 0 Å². The van der Waals surface area contributed by atoms with Gasteiger partial charge in [0.1, 0.15) is 10.7 Å². The van der Waals surface area contributed by atoms with Crippen LogP contribution in [0.1, 0.15) is 24.0 Å². The molecule has 9 nitrogen and oxygen atoms in total. The van der Waals surface area contributed by atoms with Crippen molar-refractivity contribution in [3.05, 3.63) is 64.7 Å². The highest BCUT2D eigenvalue weighted by atomic mass is 35.5. The summed E-state index contributed by atoms with van der Waals surface area (Å²) < 4.78 is 26.0. The van der Waals surface area contributed by atoms with Gasteiger partial charge in [-0.25, -0.2) is 8.42 Å². The van der Waals surface area contributed by atoms with E-state index in [1.807, 2.05) is 24.3 Å². The first-order valence-corrected chi connectivity index (χ1v) is 13.3. The number of amides is 1. The van der Waals surface area contributed by atoms with E-state index >= 15 is 0 Å². The van der Waals surface area contributed by atoms with Crippen molar-refractivity contribution in [2.75, 3.05) is 32.7 Å². The van der Waals surface area contributed by atoms with Gasteiger partial charge in [-0.2, -0.15) is 0 Å². The van der Waals surface area contributed by atoms with E-state index in [1.165, 1.54) is 12.1 Å². The molecular formula is C24H28ClN5O4S. The number of nitrogens with zero attached hydrogens (tertiary/aromatic N) is 1. The van der Waals surface area contributed by atoms with Gasteiger partial charge in [-0.05, 0) is 30.5 Å². The standard InChI is InChI=1S/C24H28ClN5O4S/c25-20-3-1-2-4-21(20)35(33,34)24(9-10-24)30-16-22(32)29-15-19(31)14-26-13-17-5-7-18(8-6-17)23-27-11-12-28-23/h1-8,26,30H,9-16H2,(H,27,28)(H,29,32). The Hall–Kier alpha value is -2.79. The first-order chi connectivity index (χ1) is 16.8. The van der Waals surface area contributed by atoms with Crippen molar-refractivity contribution in [3.8, 4) is 0 Å². The number of hydrogen-bond acceptors (Lipinski definition) is 8. The van der Waals surface area contributed by atoms with Crippen LogP contribution < -0.4 is 21.3 Å². The van der Waals surface area contributed by atoms with Crippen LogP contribution in [0.4, 0.5) is 0 Å². The average Bonchev–Trinajstić information content (AvgIpc) is 3.47. The first-order valence-electron chi connectivity index (χ1n) is 11.4. The quantitative estimate of drug-likeness (QED) is 0.331. The number of hydrogen-bond donors (Lipinski definition) is 4. The summed E-state index contributed by atoms with van der Waals surface area (Å²) in [6.45, 7) is 1.92. The zero-order chi connectivity index (χ0) is 24.9. The van der Waals surface area contributed by atoms with E-state index in [-0.39, 0.29) is 35.3 Å². The Morgan fingerprint density at radius 1 is 1.03 bits per heavy atom. The molecule has 1 aliphatic heterocycles. The minimum Gasteiger partial charge on any atom is -0.368 e. The molecule has 1 heterocycles. The molecule has 0 radical (unpaired) electrons.